The molecule has 1 heterocycles. The van der Waals surface area contributed by atoms with E-state index in [2.05, 4.69) is 20.6 Å². The third-order valence-corrected chi connectivity index (χ3v) is 3.62. The van der Waals surface area contributed by atoms with Gasteiger partial charge in [-0.2, -0.15) is 0 Å². The molecule has 104 valence electrons. The molecule has 0 radical (unpaired) electrons. The van der Waals surface area contributed by atoms with E-state index in [1.165, 1.54) is 25.7 Å². The molecule has 0 aromatic rings. The molecule has 0 aromatic heterocycles. The summed E-state index contributed by atoms with van der Waals surface area (Å²) in [5.41, 5.74) is 2.66. The van der Waals surface area contributed by atoms with Gasteiger partial charge in [0.2, 0.25) is 5.96 Å². The predicted octanol–water partition coefficient (Wildman–Crippen LogP) is -0.330. The molecule has 0 bridgehead atoms. The highest BCUT2D eigenvalue weighted by molar-refractivity contribution is 5.79. The topological polar surface area (TPSA) is 74.9 Å². The zero-order valence-corrected chi connectivity index (χ0v) is 11.0. The molecule has 6 nitrogen and oxygen atoms in total. The first-order chi connectivity index (χ1) is 8.88. The number of nitrogens with zero attached hydrogens (tertiary/aromatic N) is 2. The van der Waals surface area contributed by atoms with Crippen LogP contribution < -0.4 is 16.6 Å². The summed E-state index contributed by atoms with van der Waals surface area (Å²) in [5.74, 6) is 6.22. The molecule has 2 fully saturated rings. The minimum atomic E-state index is 0.545. The van der Waals surface area contributed by atoms with Crippen molar-refractivity contribution in [2.45, 2.75) is 31.7 Å². The van der Waals surface area contributed by atoms with Crippen LogP contribution >= 0.6 is 0 Å². The van der Waals surface area contributed by atoms with Gasteiger partial charge in [-0.15, -0.1) is 0 Å². The lowest BCUT2D eigenvalue weighted by Crippen LogP contribution is -2.46. The molecule has 1 saturated carbocycles. The van der Waals surface area contributed by atoms with Gasteiger partial charge in [0.15, 0.2) is 0 Å². The van der Waals surface area contributed by atoms with Crippen LogP contribution in [-0.4, -0.2) is 56.3 Å². The SMILES string of the molecule is NNC(=NCCN1CCOCC1)NC1CCCC1. The fourth-order valence-corrected chi connectivity index (χ4v) is 2.52. The van der Waals surface area contributed by atoms with Gasteiger partial charge in [0.05, 0.1) is 19.8 Å². The van der Waals surface area contributed by atoms with Gasteiger partial charge in [0.25, 0.3) is 0 Å². The van der Waals surface area contributed by atoms with E-state index >= 15 is 0 Å². The van der Waals surface area contributed by atoms with Crippen LogP contribution in [0.4, 0.5) is 0 Å². The van der Waals surface area contributed by atoms with Crippen molar-refractivity contribution < 1.29 is 4.74 Å². The number of nitrogens with one attached hydrogen (secondary N) is 2. The van der Waals surface area contributed by atoms with E-state index in [9.17, 15) is 0 Å². The van der Waals surface area contributed by atoms with Gasteiger partial charge in [-0.3, -0.25) is 15.3 Å². The molecule has 1 aliphatic heterocycles. The molecule has 1 aliphatic carbocycles. The normalized spacial score (nSPS) is 23.3. The van der Waals surface area contributed by atoms with E-state index < -0.39 is 0 Å². The Morgan fingerprint density at radius 1 is 1.28 bits per heavy atom. The fourth-order valence-electron chi connectivity index (χ4n) is 2.52. The highest BCUT2D eigenvalue weighted by Gasteiger charge is 2.15. The van der Waals surface area contributed by atoms with Crippen molar-refractivity contribution >= 4 is 5.96 Å². The summed E-state index contributed by atoms with van der Waals surface area (Å²) in [6, 6.07) is 0.545. The van der Waals surface area contributed by atoms with E-state index in [1.54, 1.807) is 0 Å². The Morgan fingerprint density at radius 3 is 2.67 bits per heavy atom. The van der Waals surface area contributed by atoms with Crippen LogP contribution in [0.3, 0.4) is 0 Å². The molecule has 2 aliphatic rings. The van der Waals surface area contributed by atoms with Gasteiger partial charge in [0, 0.05) is 25.7 Å². The molecule has 1 saturated heterocycles. The molecule has 0 aromatic carbocycles. The number of hydrogen-bond acceptors (Lipinski definition) is 4. The smallest absolute Gasteiger partial charge is 0.205 e. The Kier molecular flexibility index (Phi) is 5.70. The molecule has 6 heteroatoms. The lowest BCUT2D eigenvalue weighted by atomic mass is 10.2. The monoisotopic (exact) mass is 255 g/mol. The number of morpholine rings is 1. The molecule has 0 spiro atoms. The van der Waals surface area contributed by atoms with E-state index in [4.69, 9.17) is 10.6 Å². The van der Waals surface area contributed by atoms with Crippen molar-refractivity contribution in [3.63, 3.8) is 0 Å². The van der Waals surface area contributed by atoms with Crippen LogP contribution in [0.25, 0.3) is 0 Å². The fraction of sp³-hybridized carbons (Fsp3) is 0.917. The molecule has 2 rings (SSSR count). The molecule has 0 amide bonds. The summed E-state index contributed by atoms with van der Waals surface area (Å²) in [6.45, 7) is 5.45. The third kappa shape index (κ3) is 4.44. The second-order valence-electron chi connectivity index (χ2n) is 4.95. The minimum absolute atomic E-state index is 0.545. The zero-order valence-electron chi connectivity index (χ0n) is 11.0. The number of aliphatic imine (C=N–C) groups is 1. The predicted molar refractivity (Wildman–Crippen MR) is 72.3 cm³/mol. The average Bonchev–Trinajstić information content (AvgIpc) is 2.92. The zero-order chi connectivity index (χ0) is 12.6. The molecule has 0 unspecified atom stereocenters. The Morgan fingerprint density at radius 2 is 2.00 bits per heavy atom. The van der Waals surface area contributed by atoms with E-state index in [0.717, 1.165) is 45.4 Å². The second-order valence-corrected chi connectivity index (χ2v) is 4.95. The van der Waals surface area contributed by atoms with Crippen molar-refractivity contribution in [3.05, 3.63) is 0 Å². The second kappa shape index (κ2) is 7.56. The Balaban J connectivity index is 1.67. The van der Waals surface area contributed by atoms with Crippen LogP contribution in [0.2, 0.25) is 0 Å². The molecule has 4 N–H and O–H groups in total. The summed E-state index contributed by atoms with van der Waals surface area (Å²) < 4.78 is 5.31. The van der Waals surface area contributed by atoms with Gasteiger partial charge < -0.3 is 10.1 Å². The van der Waals surface area contributed by atoms with Crippen LogP contribution in [-0.2, 0) is 4.74 Å². The summed E-state index contributed by atoms with van der Waals surface area (Å²) in [6.07, 6.45) is 5.07. The van der Waals surface area contributed by atoms with E-state index in [-0.39, 0.29) is 0 Å². The first kappa shape index (κ1) is 13.6. The van der Waals surface area contributed by atoms with E-state index in [1.807, 2.05) is 0 Å². The summed E-state index contributed by atoms with van der Waals surface area (Å²) in [4.78, 5) is 6.86. The van der Waals surface area contributed by atoms with Gasteiger partial charge in [-0.05, 0) is 12.8 Å². The van der Waals surface area contributed by atoms with Gasteiger partial charge in [-0.1, -0.05) is 12.8 Å². The Labute approximate surface area is 109 Å². The first-order valence-electron chi connectivity index (χ1n) is 6.96. The van der Waals surface area contributed by atoms with Crippen molar-refractivity contribution in [1.82, 2.24) is 15.6 Å². The quantitative estimate of drug-likeness (QED) is 0.278. The van der Waals surface area contributed by atoms with Crippen LogP contribution in [0, 0.1) is 0 Å². The largest absolute Gasteiger partial charge is 0.379 e. The van der Waals surface area contributed by atoms with Crippen LogP contribution in [0.5, 0.6) is 0 Å². The molecular weight excluding hydrogens is 230 g/mol. The van der Waals surface area contributed by atoms with Crippen molar-refractivity contribution in [2.24, 2.45) is 10.8 Å². The molecule has 18 heavy (non-hydrogen) atoms. The lowest BCUT2D eigenvalue weighted by molar-refractivity contribution is 0.0394. The van der Waals surface area contributed by atoms with Crippen LogP contribution in [0.1, 0.15) is 25.7 Å². The molecule has 0 atom stereocenters. The van der Waals surface area contributed by atoms with Gasteiger partial charge >= 0.3 is 0 Å². The maximum Gasteiger partial charge on any atom is 0.205 e. The lowest BCUT2D eigenvalue weighted by Gasteiger charge is -2.25. The number of hydrazine groups is 1. The van der Waals surface area contributed by atoms with Gasteiger partial charge in [0.1, 0.15) is 0 Å². The number of rotatable bonds is 4. The standard InChI is InChI=1S/C12H25N5O/c13-16-12(15-11-3-1-2-4-11)14-5-6-17-7-9-18-10-8-17/h11H,1-10,13H2,(H2,14,15,16). The number of ether oxygens (including phenoxy) is 1. The average molecular weight is 255 g/mol. The van der Waals surface area contributed by atoms with Crippen molar-refractivity contribution in [1.29, 1.82) is 0 Å². The number of nitrogens with two attached hydrogens (primary N) is 1. The van der Waals surface area contributed by atoms with Crippen LogP contribution in [0.15, 0.2) is 4.99 Å². The molecular formula is C12H25N5O. The maximum absolute atomic E-state index is 5.49. The Bertz CT molecular complexity index is 259. The summed E-state index contributed by atoms with van der Waals surface area (Å²) in [7, 11) is 0. The van der Waals surface area contributed by atoms with Gasteiger partial charge in [-0.25, -0.2) is 5.84 Å². The summed E-state index contributed by atoms with van der Waals surface area (Å²) in [5, 5.41) is 3.37. The number of guanidine groups is 1. The third-order valence-electron chi connectivity index (χ3n) is 3.62. The van der Waals surface area contributed by atoms with E-state index in [0.29, 0.717) is 6.04 Å². The van der Waals surface area contributed by atoms with Crippen molar-refractivity contribution in [2.75, 3.05) is 39.4 Å². The highest BCUT2D eigenvalue weighted by atomic mass is 16.5. The highest BCUT2D eigenvalue weighted by Crippen LogP contribution is 2.17. The first-order valence-corrected chi connectivity index (χ1v) is 6.96. The maximum atomic E-state index is 5.49. The minimum Gasteiger partial charge on any atom is -0.379 e. The number of hydrogen-bond donors (Lipinski definition) is 3. The summed E-state index contributed by atoms with van der Waals surface area (Å²) >= 11 is 0. The Hall–Kier alpha value is -0.850. The van der Waals surface area contributed by atoms with Crippen molar-refractivity contribution in [3.8, 4) is 0 Å².